The normalized spacial score (nSPS) is 16.2. The zero-order chi connectivity index (χ0) is 30.4. The van der Waals surface area contributed by atoms with Crippen molar-refractivity contribution in [3.63, 3.8) is 0 Å². The topological polar surface area (TPSA) is 70.9 Å². The molecule has 0 unspecified atom stereocenters. The molecule has 1 fully saturated rings. The van der Waals surface area contributed by atoms with Crippen molar-refractivity contribution in [2.45, 2.75) is 46.3 Å². The lowest BCUT2D eigenvalue weighted by molar-refractivity contribution is 0.0368. The van der Waals surface area contributed by atoms with Gasteiger partial charge in [-0.2, -0.15) is 9.40 Å². The molecule has 230 valence electrons. The quantitative estimate of drug-likeness (QED) is 0.310. The van der Waals surface area contributed by atoms with Gasteiger partial charge in [0.1, 0.15) is 0 Å². The first-order chi connectivity index (χ1) is 20.7. The molecule has 2 aliphatic heterocycles. The van der Waals surface area contributed by atoms with Gasteiger partial charge in [-0.05, 0) is 49.3 Å². The maximum atomic E-state index is 12.5. The van der Waals surface area contributed by atoms with Crippen LogP contribution in [0.5, 0.6) is 0 Å². The molecule has 0 radical (unpaired) electrons. The highest BCUT2D eigenvalue weighted by Gasteiger charge is 2.30. The molecule has 0 atom stereocenters. The third kappa shape index (κ3) is 8.07. The van der Waals surface area contributed by atoms with Crippen molar-refractivity contribution in [3.8, 4) is 23.1 Å². The zero-order valence-corrected chi connectivity index (χ0v) is 27.1. The van der Waals surface area contributed by atoms with Gasteiger partial charge in [-0.15, -0.1) is 0 Å². The van der Waals surface area contributed by atoms with Crippen molar-refractivity contribution in [2.75, 3.05) is 58.7 Å². The fourth-order valence-corrected chi connectivity index (χ4v) is 6.69. The van der Waals surface area contributed by atoms with E-state index >= 15 is 0 Å². The molecule has 2 aliphatic rings. The number of nitrogens with zero attached hydrogens (tertiary/aromatic N) is 5. The molecule has 5 rings (SSSR count). The number of benzene rings is 2. The lowest BCUT2D eigenvalue weighted by atomic mass is 10.0. The molecule has 8 nitrogen and oxygen atoms in total. The van der Waals surface area contributed by atoms with E-state index in [-0.39, 0.29) is 0 Å². The lowest BCUT2D eigenvalue weighted by Gasteiger charge is -2.27. The number of hydrogen-bond acceptors (Lipinski definition) is 6. The Bertz CT molecular complexity index is 1570. The number of aromatic nitrogens is 2. The summed E-state index contributed by atoms with van der Waals surface area (Å²) in [7, 11) is -3.33. The predicted octanol–water partition coefficient (Wildman–Crippen LogP) is 4.49. The predicted molar refractivity (Wildman–Crippen MR) is 173 cm³/mol. The molecule has 0 amide bonds. The van der Waals surface area contributed by atoms with E-state index in [1.54, 1.807) is 4.31 Å². The Labute approximate surface area is 261 Å². The Balaban J connectivity index is 1.39. The first-order valence-corrected chi connectivity index (χ1v) is 17.4. The molecule has 10 heteroatoms. The van der Waals surface area contributed by atoms with Crippen LogP contribution in [-0.2, 0) is 40.8 Å². The van der Waals surface area contributed by atoms with Crippen LogP contribution in [0, 0.1) is 11.8 Å². The largest absolute Gasteiger partial charge is 0.379 e. The van der Waals surface area contributed by atoms with Crippen LogP contribution in [-0.4, -0.2) is 91.0 Å². The van der Waals surface area contributed by atoms with Gasteiger partial charge in [-0.3, -0.25) is 14.5 Å². The van der Waals surface area contributed by atoms with Crippen LogP contribution in [0.1, 0.15) is 48.2 Å². The van der Waals surface area contributed by atoms with Crippen LogP contribution in [0.3, 0.4) is 0 Å². The minimum absolute atomic E-state index is 0.316. The molecular weight excluding hydrogens is 582 g/mol. The number of fused-ring (bicyclic) bond motifs is 1. The smallest absolute Gasteiger partial charge is 0.211 e. The average molecular weight is 624 g/mol. The maximum absolute atomic E-state index is 12.5. The average Bonchev–Trinajstić information content (AvgIpc) is 3.38. The Morgan fingerprint density at radius 3 is 2.44 bits per heavy atom. The molecule has 43 heavy (non-hydrogen) atoms. The van der Waals surface area contributed by atoms with Gasteiger partial charge >= 0.3 is 0 Å². The Morgan fingerprint density at radius 1 is 1.00 bits per heavy atom. The summed E-state index contributed by atoms with van der Waals surface area (Å²) in [5, 5.41) is 5.63. The number of halogens is 1. The molecule has 0 N–H and O–H groups in total. The van der Waals surface area contributed by atoms with E-state index in [4.69, 9.17) is 21.4 Å². The van der Waals surface area contributed by atoms with Crippen molar-refractivity contribution in [1.82, 2.24) is 23.9 Å². The van der Waals surface area contributed by atoms with Gasteiger partial charge in [0.15, 0.2) is 0 Å². The van der Waals surface area contributed by atoms with Gasteiger partial charge in [-0.1, -0.05) is 55.5 Å². The minimum atomic E-state index is -3.33. The van der Waals surface area contributed by atoms with Crippen molar-refractivity contribution >= 4 is 21.6 Å². The molecule has 0 spiro atoms. The van der Waals surface area contributed by atoms with Gasteiger partial charge in [0.25, 0.3) is 0 Å². The second-order valence-electron chi connectivity index (χ2n) is 11.3. The van der Waals surface area contributed by atoms with Gasteiger partial charge < -0.3 is 4.74 Å². The molecule has 1 saturated heterocycles. The Hall–Kier alpha value is -2.71. The summed E-state index contributed by atoms with van der Waals surface area (Å²) in [6.07, 6.45) is 2.88. The molecule has 3 aromatic rings. The van der Waals surface area contributed by atoms with Gasteiger partial charge in [-0.25, -0.2) is 8.42 Å². The molecular formula is C33H42ClN5O3S. The van der Waals surface area contributed by atoms with Crippen LogP contribution in [0.25, 0.3) is 11.3 Å². The second kappa shape index (κ2) is 14.4. The molecule has 1 aromatic heterocycles. The number of aryl methyl sites for hydroxylation is 1. The van der Waals surface area contributed by atoms with Crippen LogP contribution in [0.15, 0.2) is 42.5 Å². The van der Waals surface area contributed by atoms with E-state index < -0.39 is 10.0 Å². The van der Waals surface area contributed by atoms with Crippen LogP contribution in [0.2, 0.25) is 5.02 Å². The van der Waals surface area contributed by atoms with Crippen molar-refractivity contribution in [1.29, 1.82) is 0 Å². The fraction of sp³-hybridized carbons (Fsp3) is 0.485. The van der Waals surface area contributed by atoms with Crippen LogP contribution >= 0.6 is 11.6 Å². The molecule has 0 saturated carbocycles. The van der Waals surface area contributed by atoms with Gasteiger partial charge in [0, 0.05) is 80.2 Å². The number of sulfonamides is 1. The molecule has 0 aliphatic carbocycles. The summed E-state index contributed by atoms with van der Waals surface area (Å²) < 4.78 is 34.0. The summed E-state index contributed by atoms with van der Waals surface area (Å²) >= 11 is 6.60. The standard InChI is InChI=1S/C33H42ClN5O3S/c1-4-36(5-2)24-27-9-7-26(8-10-27)11-12-28-23-29(13-14-31(28)34)33-30-25-38(43(3,40)41)18-15-32(30)39(35-33)17-6-16-37-19-21-42-22-20-37/h7-10,13-14,23H,4-6,15-22,24-25H2,1-3H3. The summed E-state index contributed by atoms with van der Waals surface area (Å²) in [6, 6.07) is 14.2. The number of morpholine rings is 1. The molecule has 3 heterocycles. The monoisotopic (exact) mass is 623 g/mol. The van der Waals surface area contributed by atoms with E-state index in [1.807, 2.05) is 18.2 Å². The number of rotatable bonds is 10. The van der Waals surface area contributed by atoms with E-state index in [0.717, 1.165) is 99.1 Å². The fourth-order valence-electron chi connectivity index (χ4n) is 5.74. The Kier molecular flexibility index (Phi) is 10.6. The maximum Gasteiger partial charge on any atom is 0.211 e. The van der Waals surface area contributed by atoms with E-state index in [2.05, 4.69) is 64.4 Å². The van der Waals surface area contributed by atoms with E-state index in [0.29, 0.717) is 24.5 Å². The van der Waals surface area contributed by atoms with Crippen molar-refractivity contribution < 1.29 is 13.2 Å². The zero-order valence-electron chi connectivity index (χ0n) is 25.5. The van der Waals surface area contributed by atoms with E-state index in [1.165, 1.54) is 11.8 Å². The number of hydrogen-bond donors (Lipinski definition) is 0. The first-order valence-electron chi connectivity index (χ1n) is 15.2. The number of ether oxygens (including phenoxy) is 1. The summed E-state index contributed by atoms with van der Waals surface area (Å²) in [6.45, 7) is 13.4. The van der Waals surface area contributed by atoms with Gasteiger partial charge in [0.05, 0.1) is 30.2 Å². The van der Waals surface area contributed by atoms with Crippen LogP contribution in [0.4, 0.5) is 0 Å². The first kappa shape index (κ1) is 31.7. The summed E-state index contributed by atoms with van der Waals surface area (Å²) in [4.78, 5) is 4.81. The molecule has 0 bridgehead atoms. The lowest BCUT2D eigenvalue weighted by Crippen LogP contribution is -2.37. The van der Waals surface area contributed by atoms with Gasteiger partial charge in [0.2, 0.25) is 10.0 Å². The summed E-state index contributed by atoms with van der Waals surface area (Å²) in [5.41, 5.74) is 6.69. The molecule has 2 aromatic carbocycles. The minimum Gasteiger partial charge on any atom is -0.379 e. The SMILES string of the molecule is CCN(CC)Cc1ccc(C#Cc2cc(-c3nn(CCCN4CCOCC4)c4c3CN(S(C)(=O)=O)CC4)ccc2Cl)cc1. The van der Waals surface area contributed by atoms with Crippen LogP contribution < -0.4 is 0 Å². The Morgan fingerprint density at radius 2 is 1.74 bits per heavy atom. The van der Waals surface area contributed by atoms with E-state index in [9.17, 15) is 8.42 Å². The third-order valence-corrected chi connectivity index (χ3v) is 9.93. The van der Waals surface area contributed by atoms with Crippen molar-refractivity contribution in [3.05, 3.63) is 75.4 Å². The third-order valence-electron chi connectivity index (χ3n) is 8.35. The summed E-state index contributed by atoms with van der Waals surface area (Å²) in [5.74, 6) is 6.53. The van der Waals surface area contributed by atoms with Crippen molar-refractivity contribution in [2.24, 2.45) is 0 Å². The highest BCUT2D eigenvalue weighted by Crippen LogP contribution is 2.33. The highest BCUT2D eigenvalue weighted by molar-refractivity contribution is 7.88. The highest BCUT2D eigenvalue weighted by atomic mass is 35.5. The second-order valence-corrected chi connectivity index (χ2v) is 13.6.